The third-order valence-electron chi connectivity index (χ3n) is 2.91. The van der Waals surface area contributed by atoms with Gasteiger partial charge in [-0.25, -0.2) is 0 Å². The van der Waals surface area contributed by atoms with Crippen LogP contribution in [0.15, 0.2) is 24.3 Å². The predicted molar refractivity (Wildman–Crippen MR) is 68.3 cm³/mol. The second-order valence-corrected chi connectivity index (χ2v) is 4.86. The fraction of sp³-hybridized carbons (Fsp3) is 0.385. The van der Waals surface area contributed by atoms with Crippen LogP contribution >= 0.6 is 11.6 Å². The molecule has 0 bridgehead atoms. The number of halogens is 1. The van der Waals surface area contributed by atoms with Crippen molar-refractivity contribution in [1.29, 1.82) is 0 Å². The molecule has 1 aromatic carbocycles. The van der Waals surface area contributed by atoms with Gasteiger partial charge in [-0.15, -0.1) is 0 Å². The third kappa shape index (κ3) is 3.23. The standard InChI is InChI=1S/C13H14ClNO3/c1-8-6-9(8)13(17)18-7-12(16)15-11-5-3-2-4-10(11)14/h2-5,8-9H,6-7H2,1H3,(H,15,16)/t8-,9-/m1/s1. The number of rotatable bonds is 4. The molecule has 5 heteroatoms. The van der Waals surface area contributed by atoms with Crippen molar-refractivity contribution in [3.63, 3.8) is 0 Å². The lowest BCUT2D eigenvalue weighted by molar-refractivity contribution is -0.148. The first-order valence-electron chi connectivity index (χ1n) is 5.79. The van der Waals surface area contributed by atoms with Gasteiger partial charge in [-0.2, -0.15) is 0 Å². The summed E-state index contributed by atoms with van der Waals surface area (Å²) in [6.45, 7) is 1.71. The summed E-state index contributed by atoms with van der Waals surface area (Å²) in [5, 5.41) is 3.04. The smallest absolute Gasteiger partial charge is 0.309 e. The molecule has 0 aromatic heterocycles. The molecule has 1 fully saturated rings. The van der Waals surface area contributed by atoms with Crippen LogP contribution in [0.5, 0.6) is 0 Å². The Balaban J connectivity index is 1.79. The molecule has 2 rings (SSSR count). The van der Waals surface area contributed by atoms with Crippen molar-refractivity contribution in [3.8, 4) is 0 Å². The zero-order chi connectivity index (χ0) is 13.1. The molecule has 0 aliphatic heterocycles. The first-order chi connectivity index (χ1) is 8.58. The average Bonchev–Trinajstić information content (AvgIpc) is 3.06. The van der Waals surface area contributed by atoms with Crippen molar-refractivity contribution in [3.05, 3.63) is 29.3 Å². The minimum absolute atomic E-state index is 0.0295. The monoisotopic (exact) mass is 267 g/mol. The van der Waals surface area contributed by atoms with Crippen molar-refractivity contribution in [2.24, 2.45) is 11.8 Å². The lowest BCUT2D eigenvalue weighted by Crippen LogP contribution is -2.21. The first kappa shape index (κ1) is 12.9. The van der Waals surface area contributed by atoms with Crippen LogP contribution in [-0.4, -0.2) is 18.5 Å². The molecule has 4 nitrogen and oxygen atoms in total. The first-order valence-corrected chi connectivity index (χ1v) is 6.16. The number of esters is 1. The molecule has 1 aliphatic carbocycles. The fourth-order valence-corrected chi connectivity index (χ4v) is 1.83. The van der Waals surface area contributed by atoms with Gasteiger partial charge in [0.1, 0.15) is 0 Å². The van der Waals surface area contributed by atoms with Crippen LogP contribution in [-0.2, 0) is 14.3 Å². The predicted octanol–water partition coefficient (Wildman–Crippen LogP) is 2.48. The number of amides is 1. The highest BCUT2D eigenvalue weighted by molar-refractivity contribution is 6.33. The van der Waals surface area contributed by atoms with E-state index in [1.54, 1.807) is 24.3 Å². The van der Waals surface area contributed by atoms with E-state index in [4.69, 9.17) is 16.3 Å². The summed E-state index contributed by atoms with van der Waals surface area (Å²) in [6, 6.07) is 6.89. The molecule has 0 spiro atoms. The van der Waals surface area contributed by atoms with Crippen LogP contribution < -0.4 is 5.32 Å². The average molecular weight is 268 g/mol. The van der Waals surface area contributed by atoms with E-state index in [1.165, 1.54) is 0 Å². The summed E-state index contributed by atoms with van der Waals surface area (Å²) in [4.78, 5) is 23.0. The van der Waals surface area contributed by atoms with Gasteiger partial charge in [-0.3, -0.25) is 9.59 Å². The lowest BCUT2D eigenvalue weighted by atomic mass is 10.3. The SMILES string of the molecule is C[C@@H]1C[C@H]1C(=O)OCC(=O)Nc1ccccc1Cl. The molecule has 2 atom stereocenters. The topological polar surface area (TPSA) is 55.4 Å². The Morgan fingerprint density at radius 1 is 1.44 bits per heavy atom. The molecule has 1 N–H and O–H groups in total. The Hall–Kier alpha value is -1.55. The van der Waals surface area contributed by atoms with E-state index >= 15 is 0 Å². The number of hydrogen-bond donors (Lipinski definition) is 1. The van der Waals surface area contributed by atoms with Crippen LogP contribution in [0.1, 0.15) is 13.3 Å². The minimum atomic E-state index is -0.384. The van der Waals surface area contributed by atoms with Gasteiger partial charge in [0.2, 0.25) is 0 Å². The van der Waals surface area contributed by atoms with Crippen molar-refractivity contribution in [2.45, 2.75) is 13.3 Å². The van der Waals surface area contributed by atoms with Gasteiger partial charge in [0.15, 0.2) is 6.61 Å². The van der Waals surface area contributed by atoms with Gasteiger partial charge in [0, 0.05) is 0 Å². The molecule has 1 aliphatic rings. The molecule has 0 radical (unpaired) electrons. The van der Waals surface area contributed by atoms with Gasteiger partial charge in [0.25, 0.3) is 5.91 Å². The van der Waals surface area contributed by atoms with E-state index in [9.17, 15) is 9.59 Å². The van der Waals surface area contributed by atoms with Gasteiger partial charge in [-0.1, -0.05) is 30.7 Å². The zero-order valence-corrected chi connectivity index (χ0v) is 10.7. The van der Waals surface area contributed by atoms with Gasteiger partial charge in [-0.05, 0) is 24.5 Å². The maximum atomic E-state index is 11.5. The van der Waals surface area contributed by atoms with E-state index < -0.39 is 0 Å². The summed E-state index contributed by atoms with van der Waals surface area (Å²) in [7, 11) is 0. The Labute approximate surface area is 110 Å². The summed E-state index contributed by atoms with van der Waals surface area (Å²) >= 11 is 5.89. The third-order valence-corrected chi connectivity index (χ3v) is 3.24. The van der Waals surface area contributed by atoms with Crippen LogP contribution in [0.25, 0.3) is 0 Å². The number of hydrogen-bond acceptors (Lipinski definition) is 3. The number of carbonyl (C=O) groups is 2. The van der Waals surface area contributed by atoms with Gasteiger partial charge < -0.3 is 10.1 Å². The Morgan fingerprint density at radius 2 is 2.11 bits per heavy atom. The molecule has 1 aromatic rings. The highest BCUT2D eigenvalue weighted by Crippen LogP contribution is 2.38. The van der Waals surface area contributed by atoms with Crippen molar-refractivity contribution >= 4 is 29.2 Å². The normalized spacial score (nSPS) is 21.2. The summed E-state index contributed by atoms with van der Waals surface area (Å²) in [6.07, 6.45) is 0.852. The molecule has 0 heterocycles. The second-order valence-electron chi connectivity index (χ2n) is 4.46. The lowest BCUT2D eigenvalue weighted by Gasteiger charge is -2.07. The zero-order valence-electron chi connectivity index (χ0n) is 9.98. The van der Waals surface area contributed by atoms with Crippen LogP contribution in [0.4, 0.5) is 5.69 Å². The van der Waals surface area contributed by atoms with E-state index in [0.717, 1.165) is 6.42 Å². The Morgan fingerprint density at radius 3 is 2.72 bits per heavy atom. The maximum Gasteiger partial charge on any atom is 0.309 e. The number of ether oxygens (including phenoxy) is 1. The van der Waals surface area contributed by atoms with Crippen molar-refractivity contribution < 1.29 is 14.3 Å². The molecule has 1 saturated carbocycles. The molecule has 0 unspecified atom stereocenters. The number of nitrogens with one attached hydrogen (secondary N) is 1. The number of benzene rings is 1. The largest absolute Gasteiger partial charge is 0.455 e. The molecule has 0 saturated heterocycles. The molecule has 96 valence electrons. The number of anilines is 1. The fourth-order valence-electron chi connectivity index (χ4n) is 1.64. The quantitative estimate of drug-likeness (QED) is 0.853. The Kier molecular flexibility index (Phi) is 3.87. The van der Waals surface area contributed by atoms with E-state index in [1.807, 2.05) is 6.92 Å². The van der Waals surface area contributed by atoms with Crippen LogP contribution in [0.2, 0.25) is 5.02 Å². The number of carbonyl (C=O) groups excluding carboxylic acids is 2. The summed E-state index contributed by atoms with van der Waals surface area (Å²) in [5.74, 6) is -0.330. The van der Waals surface area contributed by atoms with E-state index in [-0.39, 0.29) is 24.4 Å². The maximum absolute atomic E-state index is 11.5. The molecular weight excluding hydrogens is 254 g/mol. The highest BCUT2D eigenvalue weighted by Gasteiger charge is 2.40. The van der Waals surface area contributed by atoms with Crippen LogP contribution in [0.3, 0.4) is 0 Å². The van der Waals surface area contributed by atoms with Crippen molar-refractivity contribution in [2.75, 3.05) is 11.9 Å². The molecule has 18 heavy (non-hydrogen) atoms. The summed E-state index contributed by atoms with van der Waals surface area (Å²) in [5.41, 5.74) is 0.514. The highest BCUT2D eigenvalue weighted by atomic mass is 35.5. The molecular formula is C13H14ClNO3. The van der Waals surface area contributed by atoms with Gasteiger partial charge >= 0.3 is 5.97 Å². The van der Waals surface area contributed by atoms with Crippen molar-refractivity contribution in [1.82, 2.24) is 0 Å². The Bertz CT molecular complexity index is 475. The van der Waals surface area contributed by atoms with E-state index in [2.05, 4.69) is 5.32 Å². The van der Waals surface area contributed by atoms with Crippen LogP contribution in [0, 0.1) is 11.8 Å². The molecule has 1 amide bonds. The second kappa shape index (κ2) is 5.40. The van der Waals surface area contributed by atoms with E-state index in [0.29, 0.717) is 16.6 Å². The number of para-hydroxylation sites is 1. The summed E-state index contributed by atoms with van der Waals surface area (Å²) < 4.78 is 4.92. The van der Waals surface area contributed by atoms with Gasteiger partial charge in [0.05, 0.1) is 16.6 Å². The minimum Gasteiger partial charge on any atom is -0.455 e.